The van der Waals surface area contributed by atoms with Crippen molar-refractivity contribution < 1.29 is 22.8 Å². The van der Waals surface area contributed by atoms with Gasteiger partial charge in [0, 0.05) is 56.2 Å². The molecule has 0 atom stereocenters. The Morgan fingerprint density at radius 3 is 2.39 bits per heavy atom. The molecule has 2 aliphatic heterocycles. The van der Waals surface area contributed by atoms with Gasteiger partial charge in [0.25, 0.3) is 11.8 Å². The molecule has 0 saturated carbocycles. The van der Waals surface area contributed by atoms with Gasteiger partial charge in [-0.3, -0.25) is 14.5 Å². The zero-order valence-corrected chi connectivity index (χ0v) is 19.4. The second kappa shape index (κ2) is 8.37. The molecule has 5 rings (SSSR count). The normalized spacial score (nSPS) is 18.1. The zero-order valence-electron chi connectivity index (χ0n) is 17.8. The number of thiophene rings is 1. The van der Waals surface area contributed by atoms with Crippen molar-refractivity contribution in [3.8, 4) is 0 Å². The third-order valence-electron chi connectivity index (χ3n) is 6.38. The third kappa shape index (κ3) is 4.13. The Bertz CT molecular complexity index is 1190. The molecule has 2 aliphatic rings. The number of fused-ring (bicyclic) bond motifs is 1. The highest BCUT2D eigenvalue weighted by molar-refractivity contribution is 7.21. The summed E-state index contributed by atoms with van der Waals surface area (Å²) in [5, 5.41) is 0.690. The van der Waals surface area contributed by atoms with Gasteiger partial charge < -0.3 is 9.80 Å². The summed E-state index contributed by atoms with van der Waals surface area (Å²) in [5.74, 6) is -0.117. The average Bonchev–Trinajstić information content (AvgIpc) is 3.40. The summed E-state index contributed by atoms with van der Waals surface area (Å²) < 4.78 is 43.6. The van der Waals surface area contributed by atoms with Gasteiger partial charge in [-0.1, -0.05) is 6.07 Å². The summed E-state index contributed by atoms with van der Waals surface area (Å²) >= 11 is 2.33. The highest BCUT2D eigenvalue weighted by Crippen LogP contribution is 2.37. The average molecular weight is 495 g/mol. The van der Waals surface area contributed by atoms with Gasteiger partial charge in [0.15, 0.2) is 0 Å². The Morgan fingerprint density at radius 1 is 1.03 bits per heavy atom. The summed E-state index contributed by atoms with van der Waals surface area (Å²) in [7, 11) is 0. The predicted molar refractivity (Wildman–Crippen MR) is 121 cm³/mol. The summed E-state index contributed by atoms with van der Waals surface area (Å²) in [6.07, 6.45) is -2.78. The van der Waals surface area contributed by atoms with E-state index in [4.69, 9.17) is 0 Å². The van der Waals surface area contributed by atoms with Crippen molar-refractivity contribution in [2.45, 2.75) is 19.1 Å². The summed E-state index contributed by atoms with van der Waals surface area (Å²) in [5.41, 5.74) is 0.0274. The Hall–Kier alpha value is -2.50. The van der Waals surface area contributed by atoms with E-state index in [1.54, 1.807) is 24.1 Å². The molecule has 2 saturated heterocycles. The van der Waals surface area contributed by atoms with E-state index in [1.807, 2.05) is 4.90 Å². The van der Waals surface area contributed by atoms with E-state index in [0.717, 1.165) is 42.1 Å². The molecule has 2 aromatic heterocycles. The van der Waals surface area contributed by atoms with Crippen molar-refractivity contribution in [3.05, 3.63) is 51.3 Å². The van der Waals surface area contributed by atoms with E-state index in [1.165, 1.54) is 17.6 Å². The van der Waals surface area contributed by atoms with Crippen LogP contribution in [0.15, 0.2) is 30.5 Å². The number of nitrogens with zero attached hydrogens (tertiary/aromatic N) is 4. The van der Waals surface area contributed by atoms with Gasteiger partial charge in [-0.05, 0) is 47.6 Å². The number of rotatable bonds is 3. The SMILES string of the molecule is Cc1c(C(=O)N2CC(N3CCN(C(=O)c4ccns4)CC3)C2)sc2cc(C(F)(F)F)ccc12. The monoisotopic (exact) mass is 494 g/mol. The fraction of sp³-hybridized carbons (Fsp3) is 0.409. The Morgan fingerprint density at radius 2 is 1.76 bits per heavy atom. The second-order valence-electron chi connectivity index (χ2n) is 8.33. The second-order valence-corrected chi connectivity index (χ2v) is 10.2. The van der Waals surface area contributed by atoms with E-state index in [2.05, 4.69) is 9.27 Å². The summed E-state index contributed by atoms with van der Waals surface area (Å²) in [6, 6.07) is 5.60. The number of hydrogen-bond acceptors (Lipinski definition) is 6. The lowest BCUT2D eigenvalue weighted by Crippen LogP contribution is -2.64. The molecule has 2 fully saturated rings. The molecule has 6 nitrogen and oxygen atoms in total. The molecule has 0 aliphatic carbocycles. The van der Waals surface area contributed by atoms with Crippen molar-refractivity contribution in [2.24, 2.45) is 0 Å². The molecule has 3 aromatic rings. The maximum atomic E-state index is 13.0. The van der Waals surface area contributed by atoms with Gasteiger partial charge in [0.1, 0.15) is 4.88 Å². The molecular formula is C22H21F3N4O2S2. The minimum atomic E-state index is -4.41. The Balaban J connectivity index is 1.19. The van der Waals surface area contributed by atoms with Crippen LogP contribution < -0.4 is 0 Å². The van der Waals surface area contributed by atoms with Crippen LogP contribution in [0.4, 0.5) is 13.2 Å². The zero-order chi connectivity index (χ0) is 23.3. The largest absolute Gasteiger partial charge is 0.416 e. The van der Waals surface area contributed by atoms with Crippen LogP contribution in [-0.4, -0.2) is 76.2 Å². The van der Waals surface area contributed by atoms with Gasteiger partial charge in [-0.2, -0.15) is 13.2 Å². The van der Waals surface area contributed by atoms with Crippen LogP contribution in [0.25, 0.3) is 10.1 Å². The number of aryl methyl sites for hydroxylation is 1. The van der Waals surface area contributed by atoms with E-state index in [-0.39, 0.29) is 17.9 Å². The van der Waals surface area contributed by atoms with E-state index in [0.29, 0.717) is 46.0 Å². The molecule has 174 valence electrons. The maximum absolute atomic E-state index is 13.0. The highest BCUT2D eigenvalue weighted by Gasteiger charge is 2.38. The molecule has 0 radical (unpaired) electrons. The number of piperazine rings is 1. The van der Waals surface area contributed by atoms with Crippen molar-refractivity contribution in [2.75, 3.05) is 39.3 Å². The summed E-state index contributed by atoms with van der Waals surface area (Å²) in [4.78, 5) is 32.5. The van der Waals surface area contributed by atoms with Crippen molar-refractivity contribution >= 4 is 44.8 Å². The van der Waals surface area contributed by atoms with Gasteiger partial charge in [0.05, 0.1) is 10.4 Å². The summed E-state index contributed by atoms with van der Waals surface area (Å²) in [6.45, 7) is 5.73. The van der Waals surface area contributed by atoms with Crippen molar-refractivity contribution in [3.63, 3.8) is 0 Å². The van der Waals surface area contributed by atoms with Crippen LogP contribution in [0.1, 0.15) is 30.5 Å². The molecule has 0 bridgehead atoms. The van der Waals surface area contributed by atoms with Gasteiger partial charge in [-0.25, -0.2) is 4.37 Å². The topological polar surface area (TPSA) is 56.8 Å². The number of aromatic nitrogens is 1. The Kier molecular flexibility index (Phi) is 5.66. The lowest BCUT2D eigenvalue weighted by molar-refractivity contribution is -0.137. The van der Waals surface area contributed by atoms with Gasteiger partial charge in [0.2, 0.25) is 0 Å². The van der Waals surface area contributed by atoms with Gasteiger partial charge >= 0.3 is 6.18 Å². The van der Waals surface area contributed by atoms with Crippen LogP contribution in [0.2, 0.25) is 0 Å². The number of alkyl halides is 3. The lowest BCUT2D eigenvalue weighted by atomic mass is 10.0. The quantitative estimate of drug-likeness (QED) is 0.553. The maximum Gasteiger partial charge on any atom is 0.416 e. The van der Waals surface area contributed by atoms with Crippen molar-refractivity contribution in [1.29, 1.82) is 0 Å². The van der Waals surface area contributed by atoms with Crippen molar-refractivity contribution in [1.82, 2.24) is 19.1 Å². The first-order valence-electron chi connectivity index (χ1n) is 10.6. The molecule has 1 aromatic carbocycles. The molecule has 11 heteroatoms. The van der Waals surface area contributed by atoms with E-state index < -0.39 is 11.7 Å². The minimum absolute atomic E-state index is 0.0106. The third-order valence-corrected chi connectivity index (χ3v) is 8.35. The first-order chi connectivity index (χ1) is 15.7. The molecule has 4 heterocycles. The number of benzene rings is 1. The minimum Gasteiger partial charge on any atom is -0.335 e. The molecule has 33 heavy (non-hydrogen) atoms. The number of carbonyl (C=O) groups is 2. The van der Waals surface area contributed by atoms with Crippen LogP contribution in [0.5, 0.6) is 0 Å². The number of hydrogen-bond donors (Lipinski definition) is 0. The molecule has 0 unspecified atom stereocenters. The lowest BCUT2D eigenvalue weighted by Gasteiger charge is -2.48. The number of amides is 2. The first kappa shape index (κ1) is 22.3. The number of carbonyl (C=O) groups excluding carboxylic acids is 2. The van der Waals surface area contributed by atoms with Gasteiger partial charge in [-0.15, -0.1) is 11.3 Å². The predicted octanol–water partition coefficient (Wildman–Crippen LogP) is 3.97. The standard InChI is InChI=1S/C22H21F3N4O2S2/c1-13-16-3-2-14(22(23,24)25)10-18(16)32-19(13)21(31)29-11-15(12-29)27-6-8-28(9-7-27)20(30)17-4-5-26-33-17/h2-5,10,15H,6-9,11-12H2,1H3. The molecule has 0 spiro atoms. The van der Waals surface area contributed by atoms with Crippen LogP contribution in [0, 0.1) is 6.92 Å². The van der Waals surface area contributed by atoms with Crippen LogP contribution >= 0.6 is 22.9 Å². The molecular weight excluding hydrogens is 473 g/mol. The fourth-order valence-corrected chi connectivity index (χ4v) is 6.15. The Labute approximate surface area is 196 Å². The highest BCUT2D eigenvalue weighted by atomic mass is 32.1. The molecule has 2 amide bonds. The van der Waals surface area contributed by atoms with E-state index >= 15 is 0 Å². The van der Waals surface area contributed by atoms with E-state index in [9.17, 15) is 22.8 Å². The van der Waals surface area contributed by atoms with Crippen LogP contribution in [0.3, 0.4) is 0 Å². The fourth-order valence-electron chi connectivity index (χ4n) is 4.37. The smallest absolute Gasteiger partial charge is 0.335 e. The number of likely N-dealkylation sites (tertiary alicyclic amines) is 1. The number of halogens is 3. The first-order valence-corrected chi connectivity index (χ1v) is 12.1. The molecule has 0 N–H and O–H groups in total. The van der Waals surface area contributed by atoms with Crippen LogP contribution in [-0.2, 0) is 6.18 Å².